The standard InChI is InChI=1S/C24H36N4O7S/c1-9-35-12-10-18(29)26(28(23(32)33)24(5,6)7)14-17-16(4)19-20(30)27(15(2)3)22(31)25(11-13-34-8)21(19)36-17/h10,12,15H,9,11,13-14H2,1-8H3,(H,32,33). The molecule has 2 aromatic heterocycles. The summed E-state index contributed by atoms with van der Waals surface area (Å²) < 4.78 is 13.0. The van der Waals surface area contributed by atoms with E-state index in [1.54, 1.807) is 48.5 Å². The lowest BCUT2D eigenvalue weighted by atomic mass is 10.1. The molecule has 36 heavy (non-hydrogen) atoms. The Labute approximate surface area is 214 Å². The Bertz CT molecular complexity index is 1250. The quantitative estimate of drug-likeness (QED) is 0.303. The summed E-state index contributed by atoms with van der Waals surface area (Å²) in [6.45, 7) is 12.8. The Morgan fingerprint density at radius 3 is 2.36 bits per heavy atom. The lowest BCUT2D eigenvalue weighted by Gasteiger charge is -2.40. The number of aryl methyl sites for hydroxylation is 1. The molecule has 1 N–H and O–H groups in total. The zero-order valence-electron chi connectivity index (χ0n) is 22.2. The van der Waals surface area contributed by atoms with Gasteiger partial charge in [0, 0.05) is 24.1 Å². The molecule has 2 aromatic rings. The van der Waals surface area contributed by atoms with Crippen molar-refractivity contribution in [2.75, 3.05) is 20.3 Å². The first-order chi connectivity index (χ1) is 16.8. The number of ether oxygens (including phenoxy) is 2. The largest absolute Gasteiger partial charge is 0.501 e. The molecule has 2 rings (SSSR count). The van der Waals surface area contributed by atoms with Crippen molar-refractivity contribution >= 4 is 33.6 Å². The van der Waals surface area contributed by atoms with E-state index in [2.05, 4.69) is 0 Å². The predicted molar refractivity (Wildman–Crippen MR) is 138 cm³/mol. The zero-order chi connectivity index (χ0) is 27.4. The highest BCUT2D eigenvalue weighted by Gasteiger charge is 2.35. The van der Waals surface area contributed by atoms with Crippen molar-refractivity contribution in [1.29, 1.82) is 0 Å². The van der Waals surface area contributed by atoms with Gasteiger partial charge in [0.2, 0.25) is 0 Å². The van der Waals surface area contributed by atoms with Crippen molar-refractivity contribution < 1.29 is 24.2 Å². The van der Waals surface area contributed by atoms with Crippen molar-refractivity contribution in [3.05, 3.63) is 43.6 Å². The summed E-state index contributed by atoms with van der Waals surface area (Å²) in [7, 11) is 1.53. The Kier molecular flexibility index (Phi) is 9.50. The number of rotatable bonds is 9. The molecule has 0 aromatic carbocycles. The van der Waals surface area contributed by atoms with Gasteiger partial charge in [-0.25, -0.2) is 19.6 Å². The minimum Gasteiger partial charge on any atom is -0.501 e. The topological polar surface area (TPSA) is 123 Å². The molecule has 0 saturated heterocycles. The van der Waals surface area contributed by atoms with Gasteiger partial charge in [0.1, 0.15) is 4.83 Å². The van der Waals surface area contributed by atoms with Crippen LogP contribution in [0.15, 0.2) is 21.9 Å². The lowest BCUT2D eigenvalue weighted by molar-refractivity contribution is -0.149. The van der Waals surface area contributed by atoms with Gasteiger partial charge in [-0.15, -0.1) is 11.3 Å². The van der Waals surface area contributed by atoms with E-state index in [0.29, 0.717) is 27.3 Å². The van der Waals surface area contributed by atoms with E-state index < -0.39 is 28.8 Å². The van der Waals surface area contributed by atoms with Crippen LogP contribution in [0.3, 0.4) is 0 Å². The van der Waals surface area contributed by atoms with Crippen molar-refractivity contribution in [2.24, 2.45) is 0 Å². The molecule has 0 bridgehead atoms. The molecular weight excluding hydrogens is 488 g/mol. The normalized spacial score (nSPS) is 12.0. The molecule has 2 amide bonds. The Hall–Kier alpha value is -3.12. The van der Waals surface area contributed by atoms with E-state index >= 15 is 0 Å². The molecule has 12 heteroatoms. The highest BCUT2D eigenvalue weighted by molar-refractivity contribution is 7.18. The fraction of sp³-hybridized carbons (Fsp3) is 0.583. The van der Waals surface area contributed by atoms with Crippen LogP contribution in [0, 0.1) is 6.92 Å². The summed E-state index contributed by atoms with van der Waals surface area (Å²) in [5.74, 6) is -0.603. The first-order valence-electron chi connectivity index (χ1n) is 11.7. The van der Waals surface area contributed by atoms with Crippen molar-refractivity contribution in [3.8, 4) is 0 Å². The van der Waals surface area contributed by atoms with Crippen LogP contribution in [-0.4, -0.2) is 62.1 Å². The van der Waals surface area contributed by atoms with Gasteiger partial charge in [-0.1, -0.05) is 0 Å². The number of methoxy groups -OCH3 is 1. The maximum absolute atomic E-state index is 13.4. The maximum Gasteiger partial charge on any atom is 0.426 e. The van der Waals surface area contributed by atoms with Gasteiger partial charge in [0.05, 0.1) is 43.5 Å². The molecule has 0 atom stereocenters. The van der Waals surface area contributed by atoms with E-state index in [1.165, 1.54) is 33.8 Å². The van der Waals surface area contributed by atoms with Crippen LogP contribution in [0.4, 0.5) is 4.79 Å². The number of carbonyl (C=O) groups excluding carboxylic acids is 1. The third-order valence-corrected chi connectivity index (χ3v) is 6.76. The molecule has 0 fully saturated rings. The molecular formula is C24H36N4O7S. The predicted octanol–water partition coefficient (Wildman–Crippen LogP) is 3.33. The minimum atomic E-state index is -1.31. The highest BCUT2D eigenvalue weighted by Crippen LogP contribution is 2.31. The molecule has 0 aliphatic rings. The van der Waals surface area contributed by atoms with Gasteiger partial charge in [0.15, 0.2) is 0 Å². The third-order valence-electron chi connectivity index (χ3n) is 5.46. The summed E-state index contributed by atoms with van der Waals surface area (Å²) in [5.41, 5.74) is -1.22. The van der Waals surface area contributed by atoms with Crippen LogP contribution >= 0.6 is 11.3 Å². The van der Waals surface area contributed by atoms with Crippen molar-refractivity contribution in [1.82, 2.24) is 19.2 Å². The average Bonchev–Trinajstić information content (AvgIpc) is 3.08. The fourth-order valence-electron chi connectivity index (χ4n) is 3.82. The van der Waals surface area contributed by atoms with Gasteiger partial charge >= 0.3 is 11.8 Å². The van der Waals surface area contributed by atoms with E-state index in [9.17, 15) is 24.3 Å². The van der Waals surface area contributed by atoms with Gasteiger partial charge in [-0.2, -0.15) is 0 Å². The van der Waals surface area contributed by atoms with Crippen LogP contribution in [-0.2, 0) is 27.4 Å². The zero-order valence-corrected chi connectivity index (χ0v) is 23.0. The SMILES string of the molecule is CCOC=CC(=O)N(Cc1sc2c(c1C)c(=O)n(C(C)C)c(=O)n2CCOC)N(C(=O)O)C(C)(C)C. The summed E-state index contributed by atoms with van der Waals surface area (Å²) in [5, 5.41) is 12.4. The number of hydrogen-bond acceptors (Lipinski definition) is 7. The highest BCUT2D eigenvalue weighted by atomic mass is 32.1. The Balaban J connectivity index is 2.78. The van der Waals surface area contributed by atoms with E-state index in [4.69, 9.17) is 9.47 Å². The summed E-state index contributed by atoms with van der Waals surface area (Å²) in [6.07, 6.45) is 1.08. The molecule has 0 spiro atoms. The molecule has 200 valence electrons. The van der Waals surface area contributed by atoms with E-state index in [1.807, 2.05) is 0 Å². The first-order valence-corrected chi connectivity index (χ1v) is 12.5. The van der Waals surface area contributed by atoms with Crippen LogP contribution in [0.2, 0.25) is 0 Å². The van der Waals surface area contributed by atoms with Crippen LogP contribution in [0.5, 0.6) is 0 Å². The molecule has 11 nitrogen and oxygen atoms in total. The van der Waals surface area contributed by atoms with E-state index in [0.717, 1.165) is 16.1 Å². The Morgan fingerprint density at radius 2 is 1.86 bits per heavy atom. The second-order valence-electron chi connectivity index (χ2n) is 9.45. The van der Waals surface area contributed by atoms with Crippen LogP contribution < -0.4 is 11.2 Å². The second kappa shape index (κ2) is 11.7. The third kappa shape index (κ3) is 5.98. The minimum absolute atomic E-state index is 0.121. The number of hydrazine groups is 1. The van der Waals surface area contributed by atoms with E-state index in [-0.39, 0.29) is 25.7 Å². The number of carbonyl (C=O) groups is 2. The second-order valence-corrected chi connectivity index (χ2v) is 10.5. The van der Waals surface area contributed by atoms with Gasteiger partial charge in [-0.3, -0.25) is 18.7 Å². The summed E-state index contributed by atoms with van der Waals surface area (Å²) >= 11 is 1.19. The maximum atomic E-state index is 13.4. The molecule has 2 heterocycles. The molecule has 0 saturated carbocycles. The first kappa shape index (κ1) is 29.1. The number of amides is 2. The number of nitrogens with zero attached hydrogens (tertiary/aromatic N) is 4. The number of carboxylic acid groups (broad SMARTS) is 1. The Morgan fingerprint density at radius 1 is 1.22 bits per heavy atom. The molecule has 0 aliphatic heterocycles. The lowest BCUT2D eigenvalue weighted by Crippen LogP contribution is -2.57. The number of fused-ring (bicyclic) bond motifs is 1. The van der Waals surface area contributed by atoms with Gasteiger partial charge < -0.3 is 14.6 Å². The monoisotopic (exact) mass is 524 g/mol. The smallest absolute Gasteiger partial charge is 0.426 e. The number of thiophene rings is 1. The number of hydrogen-bond donors (Lipinski definition) is 1. The molecule has 0 radical (unpaired) electrons. The van der Waals surface area contributed by atoms with Gasteiger partial charge in [-0.05, 0) is 54.0 Å². The summed E-state index contributed by atoms with van der Waals surface area (Å²) in [4.78, 5) is 52.9. The number of aromatic nitrogens is 2. The van der Waals surface area contributed by atoms with Crippen LogP contribution in [0.1, 0.15) is 58.0 Å². The van der Waals surface area contributed by atoms with Crippen molar-refractivity contribution in [2.45, 2.75) is 73.1 Å². The van der Waals surface area contributed by atoms with Crippen molar-refractivity contribution in [3.63, 3.8) is 0 Å². The van der Waals surface area contributed by atoms with Gasteiger partial charge in [0.25, 0.3) is 11.5 Å². The van der Waals surface area contributed by atoms with Crippen LogP contribution in [0.25, 0.3) is 10.2 Å². The molecule has 0 unspecified atom stereocenters. The fourth-order valence-corrected chi connectivity index (χ4v) is 5.12. The summed E-state index contributed by atoms with van der Waals surface area (Å²) in [6, 6.07) is -0.365. The average molecular weight is 525 g/mol. The molecule has 0 aliphatic carbocycles.